The highest BCUT2D eigenvalue weighted by molar-refractivity contribution is 5.94. The average molecular weight is 307 g/mol. The van der Waals surface area contributed by atoms with Crippen LogP contribution in [0.5, 0.6) is 0 Å². The predicted molar refractivity (Wildman–Crippen MR) is 95.8 cm³/mol. The molecule has 1 atom stereocenters. The number of anilines is 1. The number of hydrogen-bond acceptors (Lipinski definition) is 3. The van der Waals surface area contributed by atoms with Crippen molar-refractivity contribution in [2.75, 3.05) is 5.32 Å². The fourth-order valence-corrected chi connectivity index (χ4v) is 2.23. The van der Waals surface area contributed by atoms with E-state index in [2.05, 4.69) is 23.5 Å². The third kappa shape index (κ3) is 4.63. The number of carbonyl (C=O) groups excluding carboxylic acids is 1. The lowest BCUT2D eigenvalue weighted by atomic mass is 10.1. The topological polar surface area (TPSA) is 68.0 Å². The van der Waals surface area contributed by atoms with E-state index < -0.39 is 6.04 Å². The summed E-state index contributed by atoms with van der Waals surface area (Å²) in [4.78, 5) is 16.4. The van der Waals surface area contributed by atoms with Gasteiger partial charge in [-0.1, -0.05) is 49.6 Å². The molecule has 2 aromatic rings. The molecule has 3 N–H and O–H groups in total. The molecule has 118 valence electrons. The van der Waals surface area contributed by atoms with Crippen LogP contribution in [0.15, 0.2) is 55.8 Å². The summed E-state index contributed by atoms with van der Waals surface area (Å²) in [6, 6.07) is 11.2. The number of nitrogens with two attached hydrogens (primary N) is 1. The molecule has 0 aliphatic heterocycles. The Kier molecular flexibility index (Phi) is 5.83. The predicted octanol–water partition coefficient (Wildman–Crippen LogP) is 3.27. The normalized spacial score (nSPS) is 11.5. The molecular weight excluding hydrogens is 286 g/mol. The van der Waals surface area contributed by atoms with Crippen molar-refractivity contribution in [3.8, 4) is 0 Å². The maximum Gasteiger partial charge on any atom is 0.241 e. The fourth-order valence-electron chi connectivity index (χ4n) is 2.23. The molecule has 1 heterocycles. The highest BCUT2D eigenvalue weighted by Gasteiger charge is 2.14. The molecule has 0 aliphatic carbocycles. The van der Waals surface area contributed by atoms with E-state index in [0.29, 0.717) is 12.1 Å². The first-order chi connectivity index (χ1) is 11.1. The molecule has 0 bridgehead atoms. The minimum absolute atomic E-state index is 0.218. The summed E-state index contributed by atoms with van der Waals surface area (Å²) in [6.07, 6.45) is 6.26. The van der Waals surface area contributed by atoms with Gasteiger partial charge >= 0.3 is 0 Å². The van der Waals surface area contributed by atoms with Gasteiger partial charge in [-0.15, -0.1) is 0 Å². The number of nitrogens with zero attached hydrogens (tertiary/aromatic N) is 1. The zero-order chi connectivity index (χ0) is 16.7. The van der Waals surface area contributed by atoms with Gasteiger partial charge in [-0.25, -0.2) is 0 Å². The van der Waals surface area contributed by atoms with Crippen LogP contribution in [0.25, 0.3) is 12.2 Å². The molecule has 1 aromatic heterocycles. The van der Waals surface area contributed by atoms with Crippen molar-refractivity contribution >= 4 is 23.7 Å². The van der Waals surface area contributed by atoms with Crippen LogP contribution < -0.4 is 11.1 Å². The molecule has 4 heteroatoms. The van der Waals surface area contributed by atoms with E-state index in [1.165, 1.54) is 5.56 Å². The van der Waals surface area contributed by atoms with E-state index in [4.69, 9.17) is 5.73 Å². The Morgan fingerprint density at radius 2 is 2.00 bits per heavy atom. The first-order valence-corrected chi connectivity index (χ1v) is 7.49. The number of pyridine rings is 1. The van der Waals surface area contributed by atoms with Gasteiger partial charge < -0.3 is 11.1 Å². The molecule has 1 amide bonds. The maximum absolute atomic E-state index is 12.2. The van der Waals surface area contributed by atoms with Crippen LogP contribution in [0.1, 0.15) is 23.2 Å². The van der Waals surface area contributed by atoms with Crippen molar-refractivity contribution in [3.63, 3.8) is 0 Å². The van der Waals surface area contributed by atoms with Crippen LogP contribution in [0.3, 0.4) is 0 Å². The quantitative estimate of drug-likeness (QED) is 0.825. The molecule has 0 radical (unpaired) electrons. The molecule has 1 aromatic carbocycles. The van der Waals surface area contributed by atoms with Gasteiger partial charge in [0, 0.05) is 5.56 Å². The van der Waals surface area contributed by atoms with E-state index in [1.807, 2.05) is 30.3 Å². The summed E-state index contributed by atoms with van der Waals surface area (Å²) >= 11 is 0. The number of benzene rings is 1. The van der Waals surface area contributed by atoms with Crippen LogP contribution >= 0.6 is 0 Å². The highest BCUT2D eigenvalue weighted by atomic mass is 16.2. The maximum atomic E-state index is 12.2. The minimum atomic E-state index is -0.568. The number of rotatable bonds is 7. The number of hydrogen-bond donors (Lipinski definition) is 2. The number of carbonyl (C=O) groups is 1. The second kappa shape index (κ2) is 8.06. The van der Waals surface area contributed by atoms with Gasteiger partial charge in [0.25, 0.3) is 0 Å². The lowest BCUT2D eigenvalue weighted by Crippen LogP contribution is -2.36. The summed E-state index contributed by atoms with van der Waals surface area (Å²) in [6.45, 7) is 7.43. The number of aryl methyl sites for hydroxylation is 1. The molecule has 1 unspecified atom stereocenters. The molecule has 0 saturated carbocycles. The Bertz CT molecular complexity index is 695. The molecular formula is C19H21N3O. The monoisotopic (exact) mass is 307 g/mol. The SMILES string of the molecule is C=Cc1cc(NC(=O)C(N)CCc2ccccc2)cnc1C=C. The highest BCUT2D eigenvalue weighted by Crippen LogP contribution is 2.15. The third-order valence-corrected chi connectivity index (χ3v) is 3.55. The van der Waals surface area contributed by atoms with E-state index in [0.717, 1.165) is 17.7 Å². The van der Waals surface area contributed by atoms with Crippen LogP contribution in [0.4, 0.5) is 5.69 Å². The number of amides is 1. The van der Waals surface area contributed by atoms with Crippen LogP contribution in [-0.4, -0.2) is 16.9 Å². The second-order valence-corrected chi connectivity index (χ2v) is 5.23. The number of nitrogens with one attached hydrogen (secondary N) is 1. The standard InChI is InChI=1S/C19H21N3O/c1-3-15-12-16(13-21-18(15)4-2)22-19(23)17(20)11-10-14-8-6-5-7-9-14/h3-9,12-13,17H,1-2,10-11,20H2,(H,22,23). The van der Waals surface area contributed by atoms with E-state index in [9.17, 15) is 4.79 Å². The minimum Gasteiger partial charge on any atom is -0.323 e. The molecule has 2 rings (SSSR count). The Balaban J connectivity index is 1.95. The van der Waals surface area contributed by atoms with Gasteiger partial charge in [-0.05, 0) is 30.5 Å². The summed E-state index contributed by atoms with van der Waals surface area (Å²) in [5.74, 6) is -0.218. The summed E-state index contributed by atoms with van der Waals surface area (Å²) in [7, 11) is 0. The fraction of sp³-hybridized carbons (Fsp3) is 0.158. The van der Waals surface area contributed by atoms with Crippen LogP contribution in [0, 0.1) is 0 Å². The zero-order valence-corrected chi connectivity index (χ0v) is 13.0. The van der Waals surface area contributed by atoms with E-state index >= 15 is 0 Å². The lowest BCUT2D eigenvalue weighted by Gasteiger charge is -2.13. The summed E-state index contributed by atoms with van der Waals surface area (Å²) < 4.78 is 0. The Labute approximate surface area is 136 Å². The van der Waals surface area contributed by atoms with Crippen molar-refractivity contribution in [2.24, 2.45) is 5.73 Å². The molecule has 0 fully saturated rings. The molecule has 0 spiro atoms. The van der Waals surface area contributed by atoms with E-state index in [1.54, 1.807) is 24.4 Å². The van der Waals surface area contributed by atoms with Crippen LogP contribution in [0.2, 0.25) is 0 Å². The first kappa shape index (κ1) is 16.6. The average Bonchev–Trinajstić information content (AvgIpc) is 2.60. The Morgan fingerprint density at radius 3 is 2.65 bits per heavy atom. The van der Waals surface area contributed by atoms with Gasteiger partial charge in [0.1, 0.15) is 0 Å². The lowest BCUT2D eigenvalue weighted by molar-refractivity contribution is -0.117. The number of aromatic nitrogens is 1. The van der Waals surface area contributed by atoms with Gasteiger partial charge in [0.05, 0.1) is 23.6 Å². The second-order valence-electron chi connectivity index (χ2n) is 5.23. The van der Waals surface area contributed by atoms with Gasteiger partial charge in [0.15, 0.2) is 0 Å². The smallest absolute Gasteiger partial charge is 0.241 e. The molecule has 23 heavy (non-hydrogen) atoms. The Hall–Kier alpha value is -2.72. The van der Waals surface area contributed by atoms with Crippen molar-refractivity contribution < 1.29 is 4.79 Å². The summed E-state index contributed by atoms with van der Waals surface area (Å²) in [5, 5.41) is 2.80. The largest absolute Gasteiger partial charge is 0.323 e. The van der Waals surface area contributed by atoms with Crippen LogP contribution in [-0.2, 0) is 11.2 Å². The van der Waals surface area contributed by atoms with Gasteiger partial charge in [-0.2, -0.15) is 0 Å². The van der Waals surface area contributed by atoms with Crippen molar-refractivity contribution in [1.82, 2.24) is 4.98 Å². The molecule has 4 nitrogen and oxygen atoms in total. The zero-order valence-electron chi connectivity index (χ0n) is 13.0. The van der Waals surface area contributed by atoms with Gasteiger partial charge in [-0.3, -0.25) is 9.78 Å². The Morgan fingerprint density at radius 1 is 1.26 bits per heavy atom. The molecule has 0 saturated heterocycles. The van der Waals surface area contributed by atoms with Crippen molar-refractivity contribution in [1.29, 1.82) is 0 Å². The van der Waals surface area contributed by atoms with Crippen molar-refractivity contribution in [2.45, 2.75) is 18.9 Å². The van der Waals surface area contributed by atoms with E-state index in [-0.39, 0.29) is 5.91 Å². The molecule has 0 aliphatic rings. The van der Waals surface area contributed by atoms with Crippen molar-refractivity contribution in [3.05, 3.63) is 72.6 Å². The first-order valence-electron chi connectivity index (χ1n) is 7.49. The van der Waals surface area contributed by atoms with Gasteiger partial charge in [0.2, 0.25) is 5.91 Å². The summed E-state index contributed by atoms with van der Waals surface area (Å²) in [5.41, 5.74) is 9.28. The third-order valence-electron chi connectivity index (χ3n) is 3.55.